The van der Waals surface area contributed by atoms with Crippen LogP contribution >= 0.6 is 0 Å². The van der Waals surface area contributed by atoms with Crippen LogP contribution in [0.1, 0.15) is 41.3 Å². The molecule has 1 N–H and O–H groups in total. The second-order valence-electron chi connectivity index (χ2n) is 8.24. The Morgan fingerprint density at radius 2 is 2.03 bits per heavy atom. The van der Waals surface area contributed by atoms with Crippen LogP contribution in [0.25, 0.3) is 11.3 Å². The van der Waals surface area contributed by atoms with Gasteiger partial charge in [-0.05, 0) is 43.9 Å². The summed E-state index contributed by atoms with van der Waals surface area (Å²) in [6, 6.07) is 13.7. The molecule has 1 aromatic carbocycles. The number of aromatic nitrogens is 3. The lowest BCUT2D eigenvalue weighted by molar-refractivity contribution is 0.0540. The summed E-state index contributed by atoms with van der Waals surface area (Å²) >= 11 is 0. The van der Waals surface area contributed by atoms with Crippen molar-refractivity contribution >= 4 is 11.9 Å². The highest BCUT2D eigenvalue weighted by molar-refractivity contribution is 6.01. The van der Waals surface area contributed by atoms with Gasteiger partial charge in [-0.3, -0.25) is 9.78 Å². The second kappa shape index (κ2) is 9.56. The molecular weight excluding hydrogens is 400 g/mol. The molecule has 3 heterocycles. The summed E-state index contributed by atoms with van der Waals surface area (Å²) in [5.41, 5.74) is 3.78. The van der Waals surface area contributed by atoms with Gasteiger partial charge in [0.25, 0.3) is 5.91 Å². The van der Waals surface area contributed by atoms with E-state index in [-0.39, 0.29) is 11.9 Å². The molecule has 0 radical (unpaired) electrons. The molecule has 7 heteroatoms. The highest BCUT2D eigenvalue weighted by Crippen LogP contribution is 2.29. The van der Waals surface area contributed by atoms with Crippen LogP contribution in [0.15, 0.2) is 55.0 Å². The van der Waals surface area contributed by atoms with Gasteiger partial charge in [0.2, 0.25) is 5.95 Å². The van der Waals surface area contributed by atoms with Crippen molar-refractivity contribution in [3.8, 4) is 17.3 Å². The Kier molecular flexibility index (Phi) is 6.41. The average molecular weight is 427 g/mol. The molecular formula is C25H26N6O. The first kappa shape index (κ1) is 21.4. The number of hydrogen-bond acceptors (Lipinski definition) is 6. The van der Waals surface area contributed by atoms with E-state index in [0.29, 0.717) is 36.1 Å². The van der Waals surface area contributed by atoms with Crippen LogP contribution in [0.3, 0.4) is 0 Å². The number of nitrogens with one attached hydrogen (secondary N) is 1. The zero-order chi connectivity index (χ0) is 22.5. The standard InChI is InChI=1S/C25H26N6O/c1-17-8-9-20(22-7-3-4-10-27-22)21(12-17)24(32)31-11-5-6-18(2)23(31)16-30-25-28-14-19(13-26)15-29-25/h3-4,7-10,12,14-15,18,23H,5-6,11,16H2,1-2H3,(H,28,29,30). The van der Waals surface area contributed by atoms with Crippen molar-refractivity contribution in [3.63, 3.8) is 0 Å². The highest BCUT2D eigenvalue weighted by Gasteiger charge is 2.33. The summed E-state index contributed by atoms with van der Waals surface area (Å²) in [5.74, 6) is 0.814. The quantitative estimate of drug-likeness (QED) is 0.661. The molecule has 3 aromatic rings. The Morgan fingerprint density at radius 1 is 1.22 bits per heavy atom. The van der Waals surface area contributed by atoms with E-state index in [1.54, 1.807) is 6.20 Å². The number of carbonyl (C=O) groups is 1. The topological polar surface area (TPSA) is 94.8 Å². The predicted octanol–water partition coefficient (Wildman–Crippen LogP) is 4.07. The van der Waals surface area contributed by atoms with E-state index in [2.05, 4.69) is 27.2 Å². The van der Waals surface area contributed by atoms with Gasteiger partial charge in [0.15, 0.2) is 0 Å². The van der Waals surface area contributed by atoms with Crippen molar-refractivity contribution in [1.29, 1.82) is 5.26 Å². The van der Waals surface area contributed by atoms with Gasteiger partial charge in [-0.1, -0.05) is 30.7 Å². The molecule has 1 fully saturated rings. The minimum atomic E-state index is 0.00703. The fourth-order valence-electron chi connectivity index (χ4n) is 4.22. The molecule has 32 heavy (non-hydrogen) atoms. The van der Waals surface area contributed by atoms with E-state index in [1.165, 1.54) is 12.4 Å². The van der Waals surface area contributed by atoms with Gasteiger partial charge >= 0.3 is 0 Å². The van der Waals surface area contributed by atoms with Crippen LogP contribution in [0.2, 0.25) is 0 Å². The lowest BCUT2D eigenvalue weighted by Gasteiger charge is -2.40. The Morgan fingerprint density at radius 3 is 2.75 bits per heavy atom. The molecule has 4 rings (SSSR count). The number of benzene rings is 1. The number of pyridine rings is 1. The lowest BCUT2D eigenvalue weighted by atomic mass is 9.89. The Hall–Kier alpha value is -3.79. The summed E-state index contributed by atoms with van der Waals surface area (Å²) < 4.78 is 0. The van der Waals surface area contributed by atoms with Crippen molar-refractivity contribution < 1.29 is 4.79 Å². The number of aryl methyl sites for hydroxylation is 1. The molecule has 1 amide bonds. The number of likely N-dealkylation sites (tertiary alicyclic amines) is 1. The third-order valence-electron chi connectivity index (χ3n) is 5.97. The second-order valence-corrected chi connectivity index (χ2v) is 8.24. The van der Waals surface area contributed by atoms with E-state index in [0.717, 1.165) is 29.7 Å². The summed E-state index contributed by atoms with van der Waals surface area (Å²) in [4.78, 5) is 28.6. The largest absolute Gasteiger partial charge is 0.352 e. The Balaban J connectivity index is 1.60. The normalized spacial score (nSPS) is 18.1. The number of amides is 1. The first-order valence-electron chi connectivity index (χ1n) is 10.9. The van der Waals surface area contributed by atoms with Gasteiger partial charge < -0.3 is 10.2 Å². The third-order valence-corrected chi connectivity index (χ3v) is 5.97. The first-order chi connectivity index (χ1) is 15.6. The lowest BCUT2D eigenvalue weighted by Crippen LogP contribution is -2.51. The van der Waals surface area contributed by atoms with Crippen LogP contribution in [0.5, 0.6) is 0 Å². The molecule has 2 aromatic heterocycles. The van der Waals surface area contributed by atoms with Crippen molar-refractivity contribution in [1.82, 2.24) is 19.9 Å². The molecule has 7 nitrogen and oxygen atoms in total. The zero-order valence-corrected chi connectivity index (χ0v) is 18.3. The summed E-state index contributed by atoms with van der Waals surface area (Å²) in [7, 11) is 0. The van der Waals surface area contributed by atoms with Gasteiger partial charge in [-0.15, -0.1) is 0 Å². The summed E-state index contributed by atoms with van der Waals surface area (Å²) in [6.45, 7) is 5.43. The zero-order valence-electron chi connectivity index (χ0n) is 18.3. The van der Waals surface area contributed by atoms with E-state index in [1.807, 2.05) is 54.3 Å². The number of nitrogens with zero attached hydrogens (tertiary/aromatic N) is 5. The van der Waals surface area contributed by atoms with Gasteiger partial charge in [-0.25, -0.2) is 9.97 Å². The smallest absolute Gasteiger partial charge is 0.254 e. The summed E-state index contributed by atoms with van der Waals surface area (Å²) in [6.07, 6.45) is 6.77. The maximum absolute atomic E-state index is 13.8. The predicted molar refractivity (Wildman–Crippen MR) is 123 cm³/mol. The Bertz CT molecular complexity index is 1120. The van der Waals surface area contributed by atoms with Crippen LogP contribution in [-0.2, 0) is 0 Å². The van der Waals surface area contributed by atoms with E-state index >= 15 is 0 Å². The molecule has 162 valence electrons. The number of piperidine rings is 1. The van der Waals surface area contributed by atoms with Crippen LogP contribution in [0.4, 0.5) is 5.95 Å². The minimum Gasteiger partial charge on any atom is -0.352 e. The van der Waals surface area contributed by atoms with E-state index in [9.17, 15) is 4.79 Å². The fourth-order valence-corrected chi connectivity index (χ4v) is 4.22. The van der Waals surface area contributed by atoms with E-state index in [4.69, 9.17) is 5.26 Å². The highest BCUT2D eigenvalue weighted by atomic mass is 16.2. The average Bonchev–Trinajstić information content (AvgIpc) is 2.83. The molecule has 0 saturated carbocycles. The van der Waals surface area contributed by atoms with E-state index < -0.39 is 0 Å². The molecule has 0 spiro atoms. The monoisotopic (exact) mass is 426 g/mol. The molecule has 2 atom stereocenters. The van der Waals surface area contributed by atoms with Gasteiger partial charge in [-0.2, -0.15) is 5.26 Å². The molecule has 1 saturated heterocycles. The maximum Gasteiger partial charge on any atom is 0.254 e. The maximum atomic E-state index is 13.8. The first-order valence-corrected chi connectivity index (χ1v) is 10.9. The number of carbonyl (C=O) groups excluding carboxylic acids is 1. The van der Waals surface area contributed by atoms with Crippen molar-refractivity contribution in [3.05, 3.63) is 71.7 Å². The van der Waals surface area contributed by atoms with Gasteiger partial charge in [0.1, 0.15) is 6.07 Å². The summed E-state index contributed by atoms with van der Waals surface area (Å²) in [5, 5.41) is 12.2. The van der Waals surface area contributed by atoms with Crippen LogP contribution in [0, 0.1) is 24.2 Å². The SMILES string of the molecule is Cc1ccc(-c2ccccn2)c(C(=O)N2CCCC(C)C2CNc2ncc(C#N)cn2)c1. The number of anilines is 1. The third kappa shape index (κ3) is 4.59. The molecule has 1 aliphatic heterocycles. The van der Waals surface area contributed by atoms with Crippen molar-refractivity contribution in [2.75, 3.05) is 18.4 Å². The number of hydrogen-bond donors (Lipinski definition) is 1. The van der Waals surface area contributed by atoms with Crippen LogP contribution in [-0.4, -0.2) is 44.9 Å². The molecule has 0 bridgehead atoms. The molecule has 2 unspecified atom stereocenters. The van der Waals surface area contributed by atoms with Crippen molar-refractivity contribution in [2.24, 2.45) is 5.92 Å². The number of nitriles is 1. The minimum absolute atomic E-state index is 0.00703. The van der Waals surface area contributed by atoms with Gasteiger partial charge in [0.05, 0.1) is 29.7 Å². The van der Waals surface area contributed by atoms with Crippen LogP contribution < -0.4 is 5.32 Å². The van der Waals surface area contributed by atoms with Crippen molar-refractivity contribution in [2.45, 2.75) is 32.7 Å². The Labute approximate surface area is 188 Å². The number of rotatable bonds is 5. The van der Waals surface area contributed by atoms with Gasteiger partial charge in [0, 0.05) is 30.4 Å². The molecule has 1 aliphatic rings. The molecule has 0 aliphatic carbocycles. The fraction of sp³-hybridized carbons (Fsp3) is 0.320.